The standard InChI is InChI=1S/C10H13NO4S2/c1-3-4-6(8(12)13)16-10-11-5(2)7(17-10)9(14)15/h6H,3-4H2,1-2H3,(H,12,13)(H,14,15). The van der Waals surface area contributed by atoms with E-state index in [0.29, 0.717) is 16.5 Å². The number of thioether (sulfide) groups is 1. The average Bonchev–Trinajstić information content (AvgIpc) is 2.59. The topological polar surface area (TPSA) is 87.5 Å². The van der Waals surface area contributed by atoms with Crippen LogP contribution < -0.4 is 0 Å². The fourth-order valence-corrected chi connectivity index (χ4v) is 3.55. The van der Waals surface area contributed by atoms with Gasteiger partial charge < -0.3 is 10.2 Å². The average molecular weight is 275 g/mol. The first-order chi connectivity index (χ1) is 7.95. The molecule has 2 N–H and O–H groups in total. The summed E-state index contributed by atoms with van der Waals surface area (Å²) >= 11 is 2.15. The summed E-state index contributed by atoms with van der Waals surface area (Å²) in [5, 5.41) is 17.3. The van der Waals surface area contributed by atoms with E-state index in [1.807, 2.05) is 6.92 Å². The van der Waals surface area contributed by atoms with E-state index < -0.39 is 17.2 Å². The van der Waals surface area contributed by atoms with E-state index in [-0.39, 0.29) is 4.88 Å². The fourth-order valence-electron chi connectivity index (χ4n) is 1.24. The van der Waals surface area contributed by atoms with Crippen LogP contribution in [0.3, 0.4) is 0 Å². The number of carbonyl (C=O) groups is 2. The molecule has 0 aliphatic heterocycles. The van der Waals surface area contributed by atoms with Gasteiger partial charge >= 0.3 is 11.9 Å². The number of aromatic nitrogens is 1. The van der Waals surface area contributed by atoms with Gasteiger partial charge in [-0.2, -0.15) is 0 Å². The lowest BCUT2D eigenvalue weighted by Crippen LogP contribution is -2.15. The number of hydrogen-bond donors (Lipinski definition) is 2. The zero-order chi connectivity index (χ0) is 13.0. The summed E-state index contributed by atoms with van der Waals surface area (Å²) in [5.41, 5.74) is 0.436. The van der Waals surface area contributed by atoms with Gasteiger partial charge in [0.2, 0.25) is 0 Å². The third-order valence-electron chi connectivity index (χ3n) is 2.04. The van der Waals surface area contributed by atoms with E-state index in [0.717, 1.165) is 29.5 Å². The highest BCUT2D eigenvalue weighted by Gasteiger charge is 2.22. The summed E-state index contributed by atoms with van der Waals surface area (Å²) < 4.78 is 0.501. The molecule has 0 amide bonds. The minimum atomic E-state index is -1.02. The Kier molecular flexibility index (Phi) is 4.95. The fraction of sp³-hybridized carbons (Fsp3) is 0.500. The second-order valence-corrected chi connectivity index (χ2v) is 5.88. The van der Waals surface area contributed by atoms with E-state index >= 15 is 0 Å². The minimum absolute atomic E-state index is 0.174. The van der Waals surface area contributed by atoms with Crippen LogP contribution in [-0.2, 0) is 4.79 Å². The highest BCUT2D eigenvalue weighted by Crippen LogP contribution is 2.32. The molecule has 1 heterocycles. The lowest BCUT2D eigenvalue weighted by atomic mass is 10.2. The Morgan fingerprint density at radius 2 is 2.12 bits per heavy atom. The number of carboxylic acid groups (broad SMARTS) is 2. The molecule has 1 rings (SSSR count). The highest BCUT2D eigenvalue weighted by atomic mass is 32.2. The Bertz CT molecular complexity index is 430. The molecule has 0 saturated carbocycles. The van der Waals surface area contributed by atoms with Crippen molar-refractivity contribution < 1.29 is 19.8 Å². The maximum absolute atomic E-state index is 11.0. The quantitative estimate of drug-likeness (QED) is 0.775. The summed E-state index contributed by atoms with van der Waals surface area (Å²) in [7, 11) is 0. The molecule has 1 atom stereocenters. The van der Waals surface area contributed by atoms with E-state index in [1.165, 1.54) is 0 Å². The summed E-state index contributed by atoms with van der Waals surface area (Å²) in [4.78, 5) is 26.0. The first kappa shape index (κ1) is 14.0. The zero-order valence-electron chi connectivity index (χ0n) is 9.47. The van der Waals surface area contributed by atoms with Crippen molar-refractivity contribution in [2.45, 2.75) is 36.3 Å². The van der Waals surface area contributed by atoms with Crippen LogP contribution >= 0.6 is 23.1 Å². The van der Waals surface area contributed by atoms with E-state index in [4.69, 9.17) is 10.2 Å². The third-order valence-corrected chi connectivity index (χ3v) is 4.53. The summed E-state index contributed by atoms with van der Waals surface area (Å²) in [6.07, 6.45) is 1.31. The number of aliphatic carboxylic acids is 1. The van der Waals surface area contributed by atoms with Gasteiger partial charge in [0.25, 0.3) is 0 Å². The predicted molar refractivity (Wildman–Crippen MR) is 66.0 cm³/mol. The smallest absolute Gasteiger partial charge is 0.347 e. The Labute approximate surface area is 107 Å². The molecule has 17 heavy (non-hydrogen) atoms. The van der Waals surface area contributed by atoms with E-state index in [1.54, 1.807) is 6.92 Å². The van der Waals surface area contributed by atoms with Crippen LogP contribution in [0.25, 0.3) is 0 Å². The molecule has 0 aliphatic rings. The number of carboxylic acids is 2. The molecule has 0 bridgehead atoms. The largest absolute Gasteiger partial charge is 0.480 e. The molecule has 94 valence electrons. The first-order valence-electron chi connectivity index (χ1n) is 5.05. The highest BCUT2D eigenvalue weighted by molar-refractivity contribution is 8.02. The number of thiazole rings is 1. The second-order valence-electron chi connectivity index (χ2n) is 3.43. The molecule has 0 saturated heterocycles. The van der Waals surface area contributed by atoms with Crippen molar-refractivity contribution in [3.05, 3.63) is 10.6 Å². The van der Waals surface area contributed by atoms with Crippen molar-refractivity contribution in [1.29, 1.82) is 0 Å². The van der Waals surface area contributed by atoms with Crippen molar-refractivity contribution in [2.24, 2.45) is 0 Å². The van der Waals surface area contributed by atoms with Crippen LogP contribution in [0.4, 0.5) is 0 Å². The summed E-state index contributed by atoms with van der Waals surface area (Å²) in [6, 6.07) is 0. The van der Waals surface area contributed by atoms with Gasteiger partial charge in [0.15, 0.2) is 4.34 Å². The summed E-state index contributed by atoms with van der Waals surface area (Å²) in [5.74, 6) is -1.91. The second kappa shape index (κ2) is 6.02. The number of hydrogen-bond acceptors (Lipinski definition) is 5. The Morgan fingerprint density at radius 1 is 1.47 bits per heavy atom. The SMILES string of the molecule is CCCC(Sc1nc(C)c(C(=O)O)s1)C(=O)O. The molecule has 0 aromatic carbocycles. The van der Waals surface area contributed by atoms with Gasteiger partial charge in [-0.15, -0.1) is 11.3 Å². The molecule has 1 aromatic heterocycles. The van der Waals surface area contributed by atoms with Crippen molar-refractivity contribution in [3.63, 3.8) is 0 Å². The molecule has 1 aromatic rings. The van der Waals surface area contributed by atoms with Crippen molar-refractivity contribution in [3.8, 4) is 0 Å². The number of nitrogens with zero attached hydrogens (tertiary/aromatic N) is 1. The van der Waals surface area contributed by atoms with E-state index in [9.17, 15) is 9.59 Å². The predicted octanol–water partition coefficient (Wildman–Crippen LogP) is 2.50. The first-order valence-corrected chi connectivity index (χ1v) is 6.75. The van der Waals surface area contributed by atoms with Crippen LogP contribution in [0.15, 0.2) is 4.34 Å². The maximum atomic E-state index is 11.0. The van der Waals surface area contributed by atoms with Gasteiger partial charge in [-0.05, 0) is 13.3 Å². The van der Waals surface area contributed by atoms with Crippen molar-refractivity contribution in [1.82, 2.24) is 4.98 Å². The van der Waals surface area contributed by atoms with Crippen LogP contribution in [0.5, 0.6) is 0 Å². The lowest BCUT2D eigenvalue weighted by Gasteiger charge is -2.07. The normalized spacial score (nSPS) is 12.4. The van der Waals surface area contributed by atoms with Gasteiger partial charge in [-0.3, -0.25) is 4.79 Å². The maximum Gasteiger partial charge on any atom is 0.347 e. The molecule has 0 aliphatic carbocycles. The molecular weight excluding hydrogens is 262 g/mol. The van der Waals surface area contributed by atoms with Crippen LogP contribution in [0, 0.1) is 6.92 Å². The van der Waals surface area contributed by atoms with Crippen molar-refractivity contribution >= 4 is 35.0 Å². The molecular formula is C10H13NO4S2. The monoisotopic (exact) mass is 275 g/mol. The van der Waals surface area contributed by atoms with Gasteiger partial charge in [0.05, 0.1) is 5.69 Å². The molecule has 5 nitrogen and oxygen atoms in total. The van der Waals surface area contributed by atoms with Crippen LogP contribution in [0.2, 0.25) is 0 Å². The van der Waals surface area contributed by atoms with Crippen LogP contribution in [-0.4, -0.2) is 32.4 Å². The number of aromatic carboxylic acids is 1. The Morgan fingerprint density at radius 3 is 2.53 bits per heavy atom. The van der Waals surface area contributed by atoms with Gasteiger partial charge in [0.1, 0.15) is 10.1 Å². The number of rotatable bonds is 6. The minimum Gasteiger partial charge on any atom is -0.480 e. The van der Waals surface area contributed by atoms with Gasteiger partial charge in [-0.1, -0.05) is 25.1 Å². The van der Waals surface area contributed by atoms with E-state index in [2.05, 4.69) is 4.98 Å². The Balaban J connectivity index is 2.83. The van der Waals surface area contributed by atoms with Gasteiger partial charge in [-0.25, -0.2) is 9.78 Å². The van der Waals surface area contributed by atoms with Gasteiger partial charge in [0, 0.05) is 0 Å². The molecule has 7 heteroatoms. The number of aryl methyl sites for hydroxylation is 1. The Hall–Kier alpha value is -1.08. The third kappa shape index (κ3) is 3.71. The molecule has 0 spiro atoms. The van der Waals surface area contributed by atoms with Crippen LogP contribution in [0.1, 0.15) is 35.1 Å². The van der Waals surface area contributed by atoms with Crippen molar-refractivity contribution in [2.75, 3.05) is 0 Å². The summed E-state index contributed by atoms with van der Waals surface area (Å²) in [6.45, 7) is 3.52. The molecule has 0 radical (unpaired) electrons. The lowest BCUT2D eigenvalue weighted by molar-refractivity contribution is -0.136. The molecule has 1 unspecified atom stereocenters. The molecule has 0 fully saturated rings. The zero-order valence-corrected chi connectivity index (χ0v) is 11.1.